The van der Waals surface area contributed by atoms with Crippen LogP contribution in [-0.4, -0.2) is 30.7 Å². The fraction of sp³-hybridized carbons (Fsp3) is 0.167. The van der Waals surface area contributed by atoms with Crippen LogP contribution in [0.5, 0.6) is 0 Å². The van der Waals surface area contributed by atoms with Crippen molar-refractivity contribution in [1.29, 1.82) is 0 Å². The van der Waals surface area contributed by atoms with Gasteiger partial charge in [-0.25, -0.2) is 13.1 Å². The van der Waals surface area contributed by atoms with Crippen molar-refractivity contribution in [2.24, 2.45) is 0 Å². The first kappa shape index (κ1) is 21.4. The maximum atomic E-state index is 13.3. The number of benzene rings is 2. The van der Waals surface area contributed by atoms with Crippen LogP contribution in [0.3, 0.4) is 0 Å². The SMILES string of the molecule is Cc1ccsc1Cn1nccc1NC(=O)c1cccc(S(=O)(=O)N2CCc3ccccc32)c1. The highest BCUT2D eigenvalue weighted by Gasteiger charge is 2.31. The second-order valence-corrected chi connectivity index (χ2v) is 10.7. The molecule has 4 aromatic rings. The number of carbonyl (C=O) groups excluding carboxylic acids is 1. The zero-order chi connectivity index (χ0) is 23.0. The molecule has 0 unspecified atom stereocenters. The molecule has 7 nitrogen and oxygen atoms in total. The molecule has 9 heteroatoms. The monoisotopic (exact) mass is 478 g/mol. The van der Waals surface area contributed by atoms with Crippen LogP contribution in [0.4, 0.5) is 11.5 Å². The van der Waals surface area contributed by atoms with E-state index in [-0.39, 0.29) is 10.5 Å². The molecule has 0 bridgehead atoms. The Morgan fingerprint density at radius 3 is 2.79 bits per heavy atom. The van der Waals surface area contributed by atoms with Gasteiger partial charge in [-0.15, -0.1) is 11.3 Å². The number of sulfonamides is 1. The number of anilines is 2. The first-order valence-electron chi connectivity index (χ1n) is 10.5. The summed E-state index contributed by atoms with van der Waals surface area (Å²) in [6, 6.07) is 17.4. The second kappa shape index (κ2) is 8.49. The predicted octanol–water partition coefficient (Wildman–Crippen LogP) is 4.31. The predicted molar refractivity (Wildman–Crippen MR) is 129 cm³/mol. The van der Waals surface area contributed by atoms with Gasteiger partial charge in [-0.1, -0.05) is 24.3 Å². The van der Waals surface area contributed by atoms with Gasteiger partial charge >= 0.3 is 0 Å². The van der Waals surface area contributed by atoms with Gasteiger partial charge in [0.15, 0.2) is 0 Å². The number of amides is 1. The van der Waals surface area contributed by atoms with E-state index in [0.29, 0.717) is 31.0 Å². The fourth-order valence-electron chi connectivity index (χ4n) is 3.94. The Bertz CT molecular complexity index is 1440. The van der Waals surface area contributed by atoms with Crippen molar-refractivity contribution in [2.45, 2.75) is 24.8 Å². The highest BCUT2D eigenvalue weighted by Crippen LogP contribution is 2.32. The highest BCUT2D eigenvalue weighted by molar-refractivity contribution is 7.92. The van der Waals surface area contributed by atoms with Gasteiger partial charge < -0.3 is 5.32 Å². The van der Waals surface area contributed by atoms with Gasteiger partial charge in [0.1, 0.15) is 5.82 Å². The molecular weight excluding hydrogens is 456 g/mol. The molecule has 0 atom stereocenters. The van der Waals surface area contributed by atoms with Gasteiger partial charge in [0, 0.05) is 23.1 Å². The van der Waals surface area contributed by atoms with E-state index in [1.807, 2.05) is 42.6 Å². The number of aromatic nitrogens is 2. The first-order chi connectivity index (χ1) is 15.9. The summed E-state index contributed by atoms with van der Waals surface area (Å²) in [5.41, 5.74) is 3.14. The summed E-state index contributed by atoms with van der Waals surface area (Å²) in [7, 11) is -3.78. The molecule has 0 saturated carbocycles. The number of rotatable bonds is 6. The Morgan fingerprint density at radius 1 is 1.12 bits per heavy atom. The third kappa shape index (κ3) is 4.05. The largest absolute Gasteiger partial charge is 0.307 e. The average Bonchev–Trinajstić information content (AvgIpc) is 3.55. The van der Waals surface area contributed by atoms with Crippen LogP contribution in [-0.2, 0) is 23.0 Å². The number of nitrogens with zero attached hydrogens (tertiary/aromatic N) is 3. The molecule has 1 amide bonds. The van der Waals surface area contributed by atoms with Crippen LogP contribution >= 0.6 is 11.3 Å². The quantitative estimate of drug-likeness (QED) is 0.448. The van der Waals surface area contributed by atoms with Crippen molar-refractivity contribution in [1.82, 2.24) is 9.78 Å². The Morgan fingerprint density at radius 2 is 1.97 bits per heavy atom. The minimum absolute atomic E-state index is 0.0922. The molecule has 1 aliphatic heterocycles. The smallest absolute Gasteiger partial charge is 0.264 e. The molecule has 1 N–H and O–H groups in total. The lowest BCUT2D eigenvalue weighted by Crippen LogP contribution is -2.29. The first-order valence-corrected chi connectivity index (χ1v) is 12.8. The molecule has 0 saturated heterocycles. The van der Waals surface area contributed by atoms with E-state index in [4.69, 9.17) is 0 Å². The van der Waals surface area contributed by atoms with Crippen LogP contribution in [0.15, 0.2) is 77.1 Å². The lowest BCUT2D eigenvalue weighted by molar-refractivity contribution is 0.102. The van der Waals surface area contributed by atoms with E-state index in [9.17, 15) is 13.2 Å². The Balaban J connectivity index is 1.38. The van der Waals surface area contributed by atoms with Crippen LogP contribution in [0.1, 0.15) is 26.4 Å². The average molecular weight is 479 g/mol. The molecule has 1 aliphatic rings. The topological polar surface area (TPSA) is 84.3 Å². The Labute approximate surface area is 196 Å². The number of thiophene rings is 1. The number of nitrogens with one attached hydrogen (secondary N) is 1. The minimum Gasteiger partial charge on any atom is -0.307 e. The van der Waals surface area contributed by atoms with Gasteiger partial charge in [-0.2, -0.15) is 5.10 Å². The van der Waals surface area contributed by atoms with Crippen molar-refractivity contribution in [3.63, 3.8) is 0 Å². The Hall–Kier alpha value is -3.43. The van der Waals surface area contributed by atoms with E-state index < -0.39 is 15.9 Å². The minimum atomic E-state index is -3.78. The van der Waals surface area contributed by atoms with Crippen molar-refractivity contribution < 1.29 is 13.2 Å². The number of carbonyl (C=O) groups is 1. The standard InChI is InChI=1S/C24H22N4O3S2/c1-17-11-14-32-22(17)16-27-23(9-12-25-27)26-24(29)19-6-4-7-20(15-19)33(30,31)28-13-10-18-5-2-3-8-21(18)28/h2-9,11-12,14-15H,10,13,16H2,1H3,(H,26,29). The summed E-state index contributed by atoms with van der Waals surface area (Å²) in [5.74, 6) is 0.160. The van der Waals surface area contributed by atoms with Crippen molar-refractivity contribution in [3.05, 3.63) is 93.8 Å². The molecule has 5 rings (SSSR count). The Kier molecular flexibility index (Phi) is 5.51. The summed E-state index contributed by atoms with van der Waals surface area (Å²) in [6.07, 6.45) is 2.30. The van der Waals surface area contributed by atoms with E-state index in [0.717, 1.165) is 10.4 Å². The molecule has 2 aromatic heterocycles. The maximum Gasteiger partial charge on any atom is 0.264 e. The molecule has 0 spiro atoms. The summed E-state index contributed by atoms with van der Waals surface area (Å²) in [5, 5.41) is 9.20. The number of hydrogen-bond acceptors (Lipinski definition) is 5. The summed E-state index contributed by atoms with van der Waals surface area (Å²) >= 11 is 1.64. The molecule has 168 valence electrons. The lowest BCUT2D eigenvalue weighted by Gasteiger charge is -2.20. The van der Waals surface area contributed by atoms with Gasteiger partial charge in [-0.05, 0) is 60.2 Å². The zero-order valence-corrected chi connectivity index (χ0v) is 19.6. The molecule has 0 radical (unpaired) electrons. The van der Waals surface area contributed by atoms with E-state index in [1.165, 1.54) is 22.0 Å². The van der Waals surface area contributed by atoms with Gasteiger partial charge in [0.05, 0.1) is 23.3 Å². The fourth-order valence-corrected chi connectivity index (χ4v) is 6.37. The summed E-state index contributed by atoms with van der Waals surface area (Å²) < 4.78 is 29.8. The van der Waals surface area contributed by atoms with E-state index in [1.54, 1.807) is 40.4 Å². The van der Waals surface area contributed by atoms with E-state index >= 15 is 0 Å². The zero-order valence-electron chi connectivity index (χ0n) is 17.9. The number of para-hydroxylation sites is 1. The molecule has 0 fully saturated rings. The van der Waals surface area contributed by atoms with Crippen LogP contribution in [0.2, 0.25) is 0 Å². The highest BCUT2D eigenvalue weighted by atomic mass is 32.2. The lowest BCUT2D eigenvalue weighted by atomic mass is 10.2. The van der Waals surface area contributed by atoms with Crippen molar-refractivity contribution in [3.8, 4) is 0 Å². The van der Waals surface area contributed by atoms with Crippen molar-refractivity contribution >= 4 is 38.8 Å². The maximum absolute atomic E-state index is 13.3. The molecule has 2 aromatic carbocycles. The molecule has 3 heterocycles. The summed E-state index contributed by atoms with van der Waals surface area (Å²) in [4.78, 5) is 14.2. The third-order valence-corrected chi connectivity index (χ3v) is 8.57. The van der Waals surface area contributed by atoms with Crippen molar-refractivity contribution in [2.75, 3.05) is 16.2 Å². The normalized spacial score (nSPS) is 13.2. The van der Waals surface area contributed by atoms with E-state index in [2.05, 4.69) is 10.4 Å². The van der Waals surface area contributed by atoms with Gasteiger partial charge in [-0.3, -0.25) is 9.10 Å². The number of fused-ring (bicyclic) bond motifs is 1. The number of hydrogen-bond donors (Lipinski definition) is 1. The van der Waals surface area contributed by atoms with Crippen LogP contribution in [0, 0.1) is 6.92 Å². The number of aryl methyl sites for hydroxylation is 1. The molecule has 0 aliphatic carbocycles. The molecule has 33 heavy (non-hydrogen) atoms. The second-order valence-electron chi connectivity index (χ2n) is 7.84. The third-order valence-electron chi connectivity index (χ3n) is 5.75. The summed E-state index contributed by atoms with van der Waals surface area (Å²) in [6.45, 7) is 2.98. The van der Waals surface area contributed by atoms with Crippen LogP contribution in [0.25, 0.3) is 0 Å². The molecular formula is C24H22N4O3S2. The van der Waals surface area contributed by atoms with Crippen LogP contribution < -0.4 is 9.62 Å². The van der Waals surface area contributed by atoms with Gasteiger partial charge in [0.25, 0.3) is 15.9 Å². The van der Waals surface area contributed by atoms with Gasteiger partial charge in [0.2, 0.25) is 0 Å².